The molecule has 0 atom stereocenters. The molecular weight excluding hydrogens is 290 g/mol. The third-order valence-electron chi connectivity index (χ3n) is 3.97. The highest BCUT2D eigenvalue weighted by Gasteiger charge is 2.26. The van der Waals surface area contributed by atoms with Gasteiger partial charge in [-0.3, -0.25) is 0 Å². The van der Waals surface area contributed by atoms with Gasteiger partial charge in [-0.25, -0.2) is 13.1 Å². The molecule has 0 aromatic carbocycles. The van der Waals surface area contributed by atoms with Gasteiger partial charge < -0.3 is 14.6 Å². The molecule has 2 N–H and O–H groups in total. The number of nitrogens with zero attached hydrogens (tertiary/aromatic N) is 1. The van der Waals surface area contributed by atoms with Crippen LogP contribution in [-0.2, 0) is 16.6 Å². The Labute approximate surface area is 125 Å². The van der Waals surface area contributed by atoms with Crippen molar-refractivity contribution in [3.63, 3.8) is 0 Å². The first kappa shape index (κ1) is 15.0. The quantitative estimate of drug-likeness (QED) is 0.709. The van der Waals surface area contributed by atoms with Crippen molar-refractivity contribution in [1.29, 1.82) is 0 Å². The Morgan fingerprint density at radius 2 is 2.05 bits per heavy atom. The third kappa shape index (κ3) is 4.29. The van der Waals surface area contributed by atoms with Gasteiger partial charge in [-0.15, -0.1) is 0 Å². The fraction of sp³-hybridized carbons (Fsp3) is 0.714. The van der Waals surface area contributed by atoms with E-state index in [0.717, 1.165) is 6.54 Å². The van der Waals surface area contributed by atoms with E-state index in [-0.39, 0.29) is 5.09 Å². The number of likely N-dealkylation sites (N-methyl/N-ethyl adjacent to an activating group) is 1. The SMILES string of the molecule is CN(CCNS(=O)(=O)c1ccc(CNC2CC2)o1)C1CC1. The molecule has 2 aliphatic carbocycles. The molecule has 0 radical (unpaired) electrons. The average Bonchev–Trinajstić information content (AvgIpc) is 3.35. The summed E-state index contributed by atoms with van der Waals surface area (Å²) >= 11 is 0. The Kier molecular flexibility index (Phi) is 4.35. The summed E-state index contributed by atoms with van der Waals surface area (Å²) in [6, 6.07) is 4.46. The van der Waals surface area contributed by atoms with Crippen molar-refractivity contribution >= 4 is 10.0 Å². The summed E-state index contributed by atoms with van der Waals surface area (Å²) < 4.78 is 32.3. The highest BCUT2D eigenvalue weighted by Crippen LogP contribution is 2.24. The zero-order valence-corrected chi connectivity index (χ0v) is 13.2. The topological polar surface area (TPSA) is 74.6 Å². The minimum atomic E-state index is -3.53. The lowest BCUT2D eigenvalue weighted by Crippen LogP contribution is -2.33. The predicted molar refractivity (Wildman–Crippen MR) is 79.4 cm³/mol. The van der Waals surface area contributed by atoms with E-state index in [2.05, 4.69) is 14.9 Å². The Bertz CT molecular complexity index is 576. The molecule has 21 heavy (non-hydrogen) atoms. The molecule has 2 aliphatic rings. The molecule has 0 saturated heterocycles. The number of rotatable bonds is 9. The summed E-state index contributed by atoms with van der Waals surface area (Å²) in [7, 11) is -1.51. The van der Waals surface area contributed by atoms with Gasteiger partial charge in [0, 0.05) is 25.2 Å². The number of furan rings is 1. The fourth-order valence-corrected chi connectivity index (χ4v) is 3.22. The van der Waals surface area contributed by atoms with E-state index in [1.807, 2.05) is 7.05 Å². The van der Waals surface area contributed by atoms with E-state index in [1.54, 1.807) is 6.07 Å². The van der Waals surface area contributed by atoms with Crippen molar-refractivity contribution in [2.45, 2.75) is 49.4 Å². The van der Waals surface area contributed by atoms with Crippen molar-refractivity contribution in [1.82, 2.24) is 14.9 Å². The standard InChI is InChI=1S/C14H23N3O3S/c1-17(12-4-5-12)9-8-16-21(18,19)14-7-6-13(20-14)10-15-11-2-3-11/h6-7,11-12,15-16H,2-5,8-10H2,1H3. The average molecular weight is 313 g/mol. The largest absolute Gasteiger partial charge is 0.447 e. The van der Waals surface area contributed by atoms with E-state index in [4.69, 9.17) is 4.42 Å². The zero-order chi connectivity index (χ0) is 14.9. The maximum Gasteiger partial charge on any atom is 0.274 e. The summed E-state index contributed by atoms with van der Waals surface area (Å²) in [5.74, 6) is 0.664. The lowest BCUT2D eigenvalue weighted by atomic mass is 10.4. The van der Waals surface area contributed by atoms with Gasteiger partial charge in [0.2, 0.25) is 5.09 Å². The maximum absolute atomic E-state index is 12.1. The van der Waals surface area contributed by atoms with Gasteiger partial charge in [0.05, 0.1) is 6.54 Å². The normalized spacial score (nSPS) is 19.3. The molecule has 0 unspecified atom stereocenters. The molecule has 2 saturated carbocycles. The van der Waals surface area contributed by atoms with Crippen LogP contribution in [0.3, 0.4) is 0 Å². The Balaban J connectivity index is 1.48. The van der Waals surface area contributed by atoms with Gasteiger partial charge in [-0.05, 0) is 44.9 Å². The summed E-state index contributed by atoms with van der Waals surface area (Å²) in [4.78, 5) is 2.19. The predicted octanol–water partition coefficient (Wildman–Crippen LogP) is 0.904. The molecule has 2 fully saturated rings. The third-order valence-corrected chi connectivity index (χ3v) is 5.30. The van der Waals surface area contributed by atoms with Gasteiger partial charge in [-0.2, -0.15) is 0 Å². The van der Waals surface area contributed by atoms with Gasteiger partial charge in [0.25, 0.3) is 10.0 Å². The molecule has 0 bridgehead atoms. The van der Waals surface area contributed by atoms with Crippen molar-refractivity contribution < 1.29 is 12.8 Å². The second kappa shape index (κ2) is 6.08. The highest BCUT2D eigenvalue weighted by atomic mass is 32.2. The Hall–Kier alpha value is -0.890. The van der Waals surface area contributed by atoms with Gasteiger partial charge in [0.15, 0.2) is 0 Å². The van der Waals surface area contributed by atoms with Crippen LogP contribution in [0.2, 0.25) is 0 Å². The van der Waals surface area contributed by atoms with E-state index in [0.29, 0.717) is 30.9 Å². The molecule has 1 aromatic heterocycles. The van der Waals surface area contributed by atoms with Crippen LogP contribution >= 0.6 is 0 Å². The second-order valence-corrected chi connectivity index (χ2v) is 7.68. The van der Waals surface area contributed by atoms with Crippen LogP contribution in [0.4, 0.5) is 0 Å². The highest BCUT2D eigenvalue weighted by molar-refractivity contribution is 7.89. The summed E-state index contributed by atoms with van der Waals surface area (Å²) in [5, 5.41) is 3.30. The smallest absolute Gasteiger partial charge is 0.274 e. The number of sulfonamides is 1. The van der Waals surface area contributed by atoms with Crippen molar-refractivity contribution in [2.24, 2.45) is 0 Å². The Morgan fingerprint density at radius 3 is 2.71 bits per heavy atom. The first-order valence-corrected chi connectivity index (χ1v) is 9.05. The Morgan fingerprint density at radius 1 is 1.29 bits per heavy atom. The molecule has 3 rings (SSSR count). The number of nitrogens with one attached hydrogen (secondary N) is 2. The molecule has 0 amide bonds. The molecule has 6 nitrogen and oxygen atoms in total. The van der Waals surface area contributed by atoms with E-state index < -0.39 is 10.0 Å². The molecule has 118 valence electrons. The number of hydrogen-bond acceptors (Lipinski definition) is 5. The van der Waals surface area contributed by atoms with Crippen LogP contribution in [0.25, 0.3) is 0 Å². The lowest BCUT2D eigenvalue weighted by Gasteiger charge is -2.15. The zero-order valence-electron chi connectivity index (χ0n) is 12.3. The summed E-state index contributed by atoms with van der Waals surface area (Å²) in [6.45, 7) is 1.72. The van der Waals surface area contributed by atoms with Gasteiger partial charge in [-0.1, -0.05) is 0 Å². The molecule has 0 aliphatic heterocycles. The summed E-state index contributed by atoms with van der Waals surface area (Å²) in [5.41, 5.74) is 0. The van der Waals surface area contributed by atoms with E-state index in [1.165, 1.54) is 31.7 Å². The van der Waals surface area contributed by atoms with Crippen LogP contribution in [0.5, 0.6) is 0 Å². The van der Waals surface area contributed by atoms with Crippen molar-refractivity contribution in [3.05, 3.63) is 17.9 Å². The molecule has 0 spiro atoms. The van der Waals surface area contributed by atoms with Crippen molar-refractivity contribution in [2.75, 3.05) is 20.1 Å². The van der Waals surface area contributed by atoms with Crippen LogP contribution in [0.1, 0.15) is 31.4 Å². The summed E-state index contributed by atoms with van der Waals surface area (Å²) in [6.07, 6.45) is 4.83. The molecule has 1 heterocycles. The van der Waals surface area contributed by atoms with E-state index in [9.17, 15) is 8.42 Å². The van der Waals surface area contributed by atoms with Gasteiger partial charge in [0.1, 0.15) is 5.76 Å². The van der Waals surface area contributed by atoms with Crippen LogP contribution in [0, 0.1) is 0 Å². The van der Waals surface area contributed by atoms with Crippen molar-refractivity contribution in [3.8, 4) is 0 Å². The second-order valence-electron chi connectivity index (χ2n) is 5.99. The monoisotopic (exact) mass is 313 g/mol. The first-order valence-electron chi connectivity index (χ1n) is 7.56. The molecule has 1 aromatic rings. The van der Waals surface area contributed by atoms with Crippen LogP contribution in [0.15, 0.2) is 21.6 Å². The lowest BCUT2D eigenvalue weighted by molar-refractivity contribution is 0.328. The van der Waals surface area contributed by atoms with Gasteiger partial charge >= 0.3 is 0 Å². The molecular formula is C14H23N3O3S. The molecule has 7 heteroatoms. The minimum absolute atomic E-state index is 0.00386. The van der Waals surface area contributed by atoms with Crippen LogP contribution in [-0.4, -0.2) is 45.5 Å². The maximum atomic E-state index is 12.1. The minimum Gasteiger partial charge on any atom is -0.447 e. The van der Waals surface area contributed by atoms with E-state index >= 15 is 0 Å². The van der Waals surface area contributed by atoms with Crippen LogP contribution < -0.4 is 10.0 Å². The number of hydrogen-bond donors (Lipinski definition) is 2. The first-order chi connectivity index (χ1) is 10.0. The fourth-order valence-electron chi connectivity index (χ4n) is 2.26.